The van der Waals surface area contributed by atoms with E-state index in [4.69, 9.17) is 5.11 Å². The highest BCUT2D eigenvalue weighted by atomic mass is 32.2. The smallest absolute Gasteiger partial charge is 0.321 e. The standard InChI is InChI=1S/C8H14N2O4S/c1-15-5-4-9-8(14)10-6(11)2-3-7(12)13/h2-5H2,1H3,(H,12,13)(H2,9,10,11,14). The first-order valence-electron chi connectivity index (χ1n) is 4.34. The molecule has 3 amide bonds. The third kappa shape index (κ3) is 9.07. The number of imide groups is 1. The molecule has 0 aromatic heterocycles. The van der Waals surface area contributed by atoms with Gasteiger partial charge in [-0.25, -0.2) is 4.79 Å². The average Bonchev–Trinajstić information content (AvgIpc) is 2.15. The largest absolute Gasteiger partial charge is 0.481 e. The molecule has 0 aliphatic carbocycles. The number of carboxylic acids is 1. The SMILES string of the molecule is CSCCNC(=O)NC(=O)CCC(=O)O. The number of nitrogens with one attached hydrogen (secondary N) is 2. The Morgan fingerprint density at radius 3 is 2.47 bits per heavy atom. The number of carbonyl (C=O) groups excluding carboxylic acids is 2. The molecule has 86 valence electrons. The highest BCUT2D eigenvalue weighted by molar-refractivity contribution is 7.98. The minimum Gasteiger partial charge on any atom is -0.481 e. The van der Waals surface area contributed by atoms with Crippen molar-refractivity contribution in [1.82, 2.24) is 10.6 Å². The van der Waals surface area contributed by atoms with Gasteiger partial charge in [0, 0.05) is 18.7 Å². The van der Waals surface area contributed by atoms with Crippen molar-refractivity contribution >= 4 is 29.7 Å². The van der Waals surface area contributed by atoms with E-state index in [0.717, 1.165) is 5.75 Å². The van der Waals surface area contributed by atoms with Crippen molar-refractivity contribution in [3.8, 4) is 0 Å². The molecule has 7 heteroatoms. The van der Waals surface area contributed by atoms with Crippen molar-refractivity contribution in [2.75, 3.05) is 18.6 Å². The van der Waals surface area contributed by atoms with Crippen LogP contribution in [0, 0.1) is 0 Å². The topological polar surface area (TPSA) is 95.5 Å². The maximum absolute atomic E-state index is 11.0. The lowest BCUT2D eigenvalue weighted by atomic mass is 10.3. The molecule has 0 aromatic carbocycles. The summed E-state index contributed by atoms with van der Waals surface area (Å²) in [5.41, 5.74) is 0. The molecule has 0 heterocycles. The van der Waals surface area contributed by atoms with Gasteiger partial charge < -0.3 is 10.4 Å². The summed E-state index contributed by atoms with van der Waals surface area (Å²) in [6.07, 6.45) is 1.44. The molecule has 0 bridgehead atoms. The van der Waals surface area contributed by atoms with E-state index in [1.807, 2.05) is 11.6 Å². The molecule has 0 spiro atoms. The zero-order valence-corrected chi connectivity index (χ0v) is 9.23. The van der Waals surface area contributed by atoms with Crippen LogP contribution in [0.3, 0.4) is 0 Å². The van der Waals surface area contributed by atoms with E-state index in [1.165, 1.54) is 0 Å². The first-order valence-corrected chi connectivity index (χ1v) is 5.74. The Labute approximate surface area is 91.8 Å². The lowest BCUT2D eigenvalue weighted by Gasteiger charge is -2.04. The van der Waals surface area contributed by atoms with Crippen molar-refractivity contribution in [1.29, 1.82) is 0 Å². The fraction of sp³-hybridized carbons (Fsp3) is 0.625. The van der Waals surface area contributed by atoms with Crippen molar-refractivity contribution in [3.05, 3.63) is 0 Å². The normalized spacial score (nSPS) is 9.40. The molecule has 0 aromatic rings. The molecule has 0 rings (SSSR count). The first-order chi connectivity index (χ1) is 7.06. The van der Waals surface area contributed by atoms with Crippen LogP contribution in [0.15, 0.2) is 0 Å². The van der Waals surface area contributed by atoms with Gasteiger partial charge in [0.1, 0.15) is 0 Å². The van der Waals surface area contributed by atoms with Crippen LogP contribution in [0.1, 0.15) is 12.8 Å². The van der Waals surface area contributed by atoms with Gasteiger partial charge in [-0.3, -0.25) is 14.9 Å². The Bertz CT molecular complexity index is 245. The average molecular weight is 234 g/mol. The van der Waals surface area contributed by atoms with Gasteiger partial charge in [-0.2, -0.15) is 11.8 Å². The fourth-order valence-electron chi connectivity index (χ4n) is 0.720. The van der Waals surface area contributed by atoms with Gasteiger partial charge in [-0.05, 0) is 6.26 Å². The maximum Gasteiger partial charge on any atom is 0.321 e. The van der Waals surface area contributed by atoms with Crippen molar-refractivity contribution in [2.45, 2.75) is 12.8 Å². The van der Waals surface area contributed by atoms with Gasteiger partial charge in [0.25, 0.3) is 0 Å². The first kappa shape index (κ1) is 13.8. The van der Waals surface area contributed by atoms with Crippen LogP contribution >= 0.6 is 11.8 Å². The Morgan fingerprint density at radius 1 is 1.27 bits per heavy atom. The Hall–Kier alpha value is -1.24. The molecule has 0 saturated carbocycles. The summed E-state index contributed by atoms with van der Waals surface area (Å²) in [6, 6.07) is -0.584. The predicted octanol–water partition coefficient (Wildman–Crippen LogP) is 0.0400. The second-order valence-corrected chi connectivity index (χ2v) is 3.68. The lowest BCUT2D eigenvalue weighted by molar-refractivity contribution is -0.138. The number of hydrogen-bond donors (Lipinski definition) is 3. The number of carboxylic acid groups (broad SMARTS) is 1. The zero-order valence-electron chi connectivity index (χ0n) is 8.41. The molecule has 0 saturated heterocycles. The van der Waals surface area contributed by atoms with E-state index < -0.39 is 17.9 Å². The number of carbonyl (C=O) groups is 3. The summed E-state index contributed by atoms with van der Waals surface area (Å²) < 4.78 is 0. The number of amides is 3. The van der Waals surface area contributed by atoms with Gasteiger partial charge >= 0.3 is 12.0 Å². The van der Waals surface area contributed by atoms with Crippen LogP contribution in [0.2, 0.25) is 0 Å². The zero-order chi connectivity index (χ0) is 11.7. The second-order valence-electron chi connectivity index (χ2n) is 2.69. The maximum atomic E-state index is 11.0. The van der Waals surface area contributed by atoms with E-state index in [1.54, 1.807) is 11.8 Å². The minimum atomic E-state index is -1.06. The van der Waals surface area contributed by atoms with Gasteiger partial charge in [0.15, 0.2) is 0 Å². The second kappa shape index (κ2) is 8.10. The Balaban J connectivity index is 3.58. The van der Waals surface area contributed by atoms with Crippen LogP contribution in [-0.2, 0) is 9.59 Å². The van der Waals surface area contributed by atoms with Crippen molar-refractivity contribution in [2.24, 2.45) is 0 Å². The van der Waals surface area contributed by atoms with E-state index in [2.05, 4.69) is 5.32 Å². The summed E-state index contributed by atoms with van der Waals surface area (Å²) >= 11 is 1.57. The van der Waals surface area contributed by atoms with Gasteiger partial charge in [0.2, 0.25) is 5.91 Å². The third-order valence-electron chi connectivity index (χ3n) is 1.41. The van der Waals surface area contributed by atoms with Crippen molar-refractivity contribution < 1.29 is 19.5 Å². The van der Waals surface area contributed by atoms with Crippen LogP contribution in [-0.4, -0.2) is 41.6 Å². The molecule has 15 heavy (non-hydrogen) atoms. The summed E-state index contributed by atoms with van der Waals surface area (Å²) in [5.74, 6) is -0.886. The third-order valence-corrected chi connectivity index (χ3v) is 2.02. The number of hydrogen-bond acceptors (Lipinski definition) is 4. The molecule has 3 N–H and O–H groups in total. The molecular formula is C8H14N2O4S. The summed E-state index contributed by atoms with van der Waals surface area (Å²) in [6.45, 7) is 0.471. The van der Waals surface area contributed by atoms with Crippen LogP contribution in [0.4, 0.5) is 4.79 Å². The highest BCUT2D eigenvalue weighted by Crippen LogP contribution is 1.89. The predicted molar refractivity (Wildman–Crippen MR) is 56.8 cm³/mol. The quantitative estimate of drug-likeness (QED) is 0.564. The molecule has 6 nitrogen and oxygen atoms in total. The number of aliphatic carboxylic acids is 1. The van der Waals surface area contributed by atoms with Gasteiger partial charge in [-0.15, -0.1) is 0 Å². The van der Waals surface area contributed by atoms with E-state index in [9.17, 15) is 14.4 Å². The van der Waals surface area contributed by atoms with Crippen molar-refractivity contribution in [3.63, 3.8) is 0 Å². The molecule has 0 fully saturated rings. The van der Waals surface area contributed by atoms with E-state index in [-0.39, 0.29) is 12.8 Å². The van der Waals surface area contributed by atoms with Crippen LogP contribution < -0.4 is 10.6 Å². The molecule has 0 aliphatic rings. The van der Waals surface area contributed by atoms with Gasteiger partial charge in [-0.1, -0.05) is 0 Å². The van der Waals surface area contributed by atoms with Gasteiger partial charge in [0.05, 0.1) is 6.42 Å². The van der Waals surface area contributed by atoms with E-state index >= 15 is 0 Å². The highest BCUT2D eigenvalue weighted by Gasteiger charge is 2.08. The Kier molecular flexibility index (Phi) is 7.43. The van der Waals surface area contributed by atoms with Crippen LogP contribution in [0.5, 0.6) is 0 Å². The number of urea groups is 1. The van der Waals surface area contributed by atoms with E-state index in [0.29, 0.717) is 6.54 Å². The summed E-state index contributed by atoms with van der Waals surface area (Å²) in [7, 11) is 0. The molecule has 0 unspecified atom stereocenters. The number of rotatable bonds is 6. The lowest BCUT2D eigenvalue weighted by Crippen LogP contribution is -2.40. The summed E-state index contributed by atoms with van der Waals surface area (Å²) in [5, 5.41) is 12.8. The number of thioether (sulfide) groups is 1. The molecule has 0 atom stereocenters. The van der Waals surface area contributed by atoms with Crippen LogP contribution in [0.25, 0.3) is 0 Å². The fourth-order valence-corrected chi connectivity index (χ4v) is 1.03. The Morgan fingerprint density at radius 2 is 1.93 bits per heavy atom. The molecule has 0 aliphatic heterocycles. The molecule has 0 radical (unpaired) electrons. The minimum absolute atomic E-state index is 0.189. The molecular weight excluding hydrogens is 220 g/mol. The summed E-state index contributed by atoms with van der Waals surface area (Å²) in [4.78, 5) is 32.0. The monoisotopic (exact) mass is 234 g/mol.